The summed E-state index contributed by atoms with van der Waals surface area (Å²) in [5, 5.41) is 0. The van der Waals surface area contributed by atoms with Crippen LogP contribution in [0.4, 0.5) is 0 Å². The van der Waals surface area contributed by atoms with E-state index >= 15 is 0 Å². The summed E-state index contributed by atoms with van der Waals surface area (Å²) in [5.74, 6) is 0.808. The van der Waals surface area contributed by atoms with Crippen LogP contribution < -0.4 is 5.56 Å². The van der Waals surface area contributed by atoms with Crippen LogP contribution in [0.5, 0.6) is 0 Å². The second-order valence-electron chi connectivity index (χ2n) is 7.53. The maximum Gasteiger partial charge on any atom is 0.281 e. The quantitative estimate of drug-likeness (QED) is 0.623. The standard InChI is InChI=1S/C24H27N3O2.ClH/c1-18-8-10-21(11-9-18)27-19(2)23(20-6-4-3-5-7-20)24(28)25-22(27)12-13-26-14-16-29-17-15-26;/h3-11H,12-17H2,1-2H3;1H. The van der Waals surface area contributed by atoms with Crippen LogP contribution >= 0.6 is 12.4 Å². The van der Waals surface area contributed by atoms with Crippen molar-refractivity contribution >= 4 is 12.4 Å². The van der Waals surface area contributed by atoms with Crippen LogP contribution in [0.2, 0.25) is 0 Å². The first-order chi connectivity index (χ1) is 14.1. The fraction of sp³-hybridized carbons (Fsp3) is 0.333. The Labute approximate surface area is 183 Å². The van der Waals surface area contributed by atoms with Crippen LogP contribution in [0.15, 0.2) is 59.4 Å². The number of aromatic nitrogens is 2. The minimum Gasteiger partial charge on any atom is -0.379 e. The van der Waals surface area contributed by atoms with Gasteiger partial charge in [-0.25, -0.2) is 0 Å². The van der Waals surface area contributed by atoms with Crippen molar-refractivity contribution in [2.24, 2.45) is 0 Å². The van der Waals surface area contributed by atoms with E-state index in [1.165, 1.54) is 5.56 Å². The van der Waals surface area contributed by atoms with Crippen LogP contribution in [-0.2, 0) is 11.2 Å². The first-order valence-electron chi connectivity index (χ1n) is 10.2. The number of rotatable bonds is 5. The molecule has 5 nitrogen and oxygen atoms in total. The Kier molecular flexibility index (Phi) is 7.43. The fourth-order valence-electron chi connectivity index (χ4n) is 3.91. The molecule has 30 heavy (non-hydrogen) atoms. The van der Waals surface area contributed by atoms with E-state index in [2.05, 4.69) is 45.6 Å². The Bertz CT molecular complexity index is 1030. The summed E-state index contributed by atoms with van der Waals surface area (Å²) in [6, 6.07) is 18.2. The molecule has 1 saturated heterocycles. The van der Waals surface area contributed by atoms with Gasteiger partial charge in [-0.1, -0.05) is 48.0 Å². The second kappa shape index (κ2) is 10.0. The normalized spacial score (nSPS) is 14.3. The molecule has 0 spiro atoms. The molecule has 1 fully saturated rings. The van der Waals surface area contributed by atoms with Crippen molar-refractivity contribution in [2.75, 3.05) is 32.8 Å². The SMILES string of the molecule is Cc1ccc(-n2c(CCN3CCOCC3)nc(=O)c(-c3ccccc3)c2C)cc1.Cl. The molecular formula is C24H28ClN3O2. The summed E-state index contributed by atoms with van der Waals surface area (Å²) in [5.41, 5.74) is 4.59. The zero-order valence-electron chi connectivity index (χ0n) is 17.5. The first kappa shape index (κ1) is 22.2. The molecule has 0 bridgehead atoms. The summed E-state index contributed by atoms with van der Waals surface area (Å²) in [6.45, 7) is 8.35. The van der Waals surface area contributed by atoms with Crippen molar-refractivity contribution in [3.8, 4) is 16.8 Å². The van der Waals surface area contributed by atoms with Crippen molar-refractivity contribution in [3.63, 3.8) is 0 Å². The highest BCUT2D eigenvalue weighted by Crippen LogP contribution is 2.23. The van der Waals surface area contributed by atoms with Gasteiger partial charge in [-0.2, -0.15) is 4.98 Å². The highest BCUT2D eigenvalue weighted by Gasteiger charge is 2.18. The lowest BCUT2D eigenvalue weighted by molar-refractivity contribution is 0.0381. The monoisotopic (exact) mass is 425 g/mol. The van der Waals surface area contributed by atoms with Crippen LogP contribution in [0.3, 0.4) is 0 Å². The Morgan fingerprint density at radius 2 is 1.63 bits per heavy atom. The van der Waals surface area contributed by atoms with E-state index < -0.39 is 0 Å². The lowest BCUT2D eigenvalue weighted by Crippen LogP contribution is -2.38. The molecule has 0 aliphatic carbocycles. The van der Waals surface area contributed by atoms with Crippen molar-refractivity contribution in [1.29, 1.82) is 0 Å². The van der Waals surface area contributed by atoms with Crippen LogP contribution in [0.1, 0.15) is 17.1 Å². The van der Waals surface area contributed by atoms with Crippen LogP contribution in [-0.4, -0.2) is 47.3 Å². The fourth-order valence-corrected chi connectivity index (χ4v) is 3.91. The van der Waals surface area contributed by atoms with E-state index in [0.29, 0.717) is 5.56 Å². The lowest BCUT2D eigenvalue weighted by atomic mass is 10.0. The van der Waals surface area contributed by atoms with E-state index in [0.717, 1.165) is 62.0 Å². The zero-order chi connectivity index (χ0) is 20.2. The maximum atomic E-state index is 13.0. The van der Waals surface area contributed by atoms with E-state index in [1.54, 1.807) is 0 Å². The molecule has 0 amide bonds. The van der Waals surface area contributed by atoms with Gasteiger partial charge in [0.05, 0.1) is 18.8 Å². The number of hydrogen-bond donors (Lipinski definition) is 0. The Morgan fingerprint density at radius 1 is 0.967 bits per heavy atom. The topological polar surface area (TPSA) is 47.4 Å². The van der Waals surface area contributed by atoms with E-state index in [4.69, 9.17) is 4.74 Å². The molecule has 1 aromatic heterocycles. The van der Waals surface area contributed by atoms with Gasteiger partial charge in [0.1, 0.15) is 5.82 Å². The van der Waals surface area contributed by atoms with Gasteiger partial charge in [0, 0.05) is 37.4 Å². The van der Waals surface area contributed by atoms with Gasteiger partial charge in [-0.3, -0.25) is 9.69 Å². The lowest BCUT2D eigenvalue weighted by Gasteiger charge is -2.27. The Balaban J connectivity index is 0.00000256. The molecule has 0 N–H and O–H groups in total. The molecular weight excluding hydrogens is 398 g/mol. The highest BCUT2D eigenvalue weighted by molar-refractivity contribution is 5.85. The van der Waals surface area contributed by atoms with Crippen LogP contribution in [0.25, 0.3) is 16.8 Å². The first-order valence-corrected chi connectivity index (χ1v) is 10.2. The van der Waals surface area contributed by atoms with Gasteiger partial charge >= 0.3 is 0 Å². The third-order valence-electron chi connectivity index (χ3n) is 5.51. The number of ether oxygens (including phenoxy) is 1. The summed E-state index contributed by atoms with van der Waals surface area (Å²) in [7, 11) is 0. The van der Waals surface area contributed by atoms with Gasteiger partial charge in [0.25, 0.3) is 5.56 Å². The molecule has 0 saturated carbocycles. The van der Waals surface area contributed by atoms with E-state index in [1.807, 2.05) is 37.3 Å². The molecule has 0 radical (unpaired) electrons. The Hall–Kier alpha value is -2.47. The van der Waals surface area contributed by atoms with Crippen molar-refractivity contribution in [3.05, 3.63) is 82.0 Å². The number of benzene rings is 2. The summed E-state index contributed by atoms with van der Waals surface area (Å²) in [6.07, 6.45) is 0.721. The third-order valence-corrected chi connectivity index (χ3v) is 5.51. The van der Waals surface area contributed by atoms with Crippen molar-refractivity contribution in [1.82, 2.24) is 14.5 Å². The smallest absolute Gasteiger partial charge is 0.281 e. The number of halogens is 1. The predicted octanol–water partition coefficient (Wildman–Crippen LogP) is 3.81. The van der Waals surface area contributed by atoms with Crippen molar-refractivity contribution < 1.29 is 4.74 Å². The highest BCUT2D eigenvalue weighted by atomic mass is 35.5. The zero-order valence-corrected chi connectivity index (χ0v) is 18.3. The molecule has 1 aliphatic heterocycles. The second-order valence-corrected chi connectivity index (χ2v) is 7.53. The largest absolute Gasteiger partial charge is 0.379 e. The Morgan fingerprint density at radius 3 is 2.30 bits per heavy atom. The molecule has 4 rings (SSSR count). The maximum absolute atomic E-state index is 13.0. The summed E-state index contributed by atoms with van der Waals surface area (Å²) >= 11 is 0. The molecule has 1 aliphatic rings. The summed E-state index contributed by atoms with van der Waals surface area (Å²) < 4.78 is 7.59. The number of nitrogens with zero attached hydrogens (tertiary/aromatic N) is 3. The number of hydrogen-bond acceptors (Lipinski definition) is 4. The summed E-state index contributed by atoms with van der Waals surface area (Å²) in [4.78, 5) is 19.9. The number of aryl methyl sites for hydroxylation is 1. The molecule has 2 aromatic carbocycles. The minimum absolute atomic E-state index is 0. The molecule has 3 aromatic rings. The average molecular weight is 426 g/mol. The van der Waals surface area contributed by atoms with Gasteiger partial charge in [-0.05, 0) is 31.5 Å². The number of morpholine rings is 1. The third kappa shape index (κ3) is 4.81. The molecule has 158 valence electrons. The van der Waals surface area contributed by atoms with Gasteiger partial charge < -0.3 is 9.30 Å². The predicted molar refractivity (Wildman–Crippen MR) is 123 cm³/mol. The minimum atomic E-state index is -0.158. The van der Waals surface area contributed by atoms with Gasteiger partial charge in [0.15, 0.2) is 0 Å². The molecule has 0 unspecified atom stereocenters. The molecule has 2 heterocycles. The van der Waals surface area contributed by atoms with E-state index in [-0.39, 0.29) is 18.0 Å². The van der Waals surface area contributed by atoms with Gasteiger partial charge in [-0.15, -0.1) is 12.4 Å². The van der Waals surface area contributed by atoms with Gasteiger partial charge in [0.2, 0.25) is 0 Å². The molecule has 6 heteroatoms. The molecule has 0 atom stereocenters. The van der Waals surface area contributed by atoms with Crippen molar-refractivity contribution in [2.45, 2.75) is 20.3 Å². The average Bonchev–Trinajstić information content (AvgIpc) is 2.75. The van der Waals surface area contributed by atoms with E-state index in [9.17, 15) is 4.79 Å². The van der Waals surface area contributed by atoms with Crippen LogP contribution in [0, 0.1) is 13.8 Å².